The molecule has 6 nitrogen and oxygen atoms in total. The lowest BCUT2D eigenvalue weighted by molar-refractivity contribution is 0.0319. The summed E-state index contributed by atoms with van der Waals surface area (Å²) >= 11 is 0. The fourth-order valence-corrected chi connectivity index (χ4v) is 3.05. The topological polar surface area (TPSA) is 78.3 Å². The van der Waals surface area contributed by atoms with Crippen LogP contribution in [0.15, 0.2) is 47.3 Å². The van der Waals surface area contributed by atoms with Gasteiger partial charge in [0.25, 0.3) is 5.56 Å². The number of hydrogen-bond donors (Lipinski definition) is 0. The molecule has 0 fully saturated rings. The molecule has 1 heterocycles. The molecule has 0 N–H and O–H groups in total. The van der Waals surface area contributed by atoms with Crippen molar-refractivity contribution in [2.75, 3.05) is 0 Å². The fourth-order valence-electron chi connectivity index (χ4n) is 3.05. The molecule has 2 aromatic carbocycles. The number of aromatic nitrogens is 2. The van der Waals surface area contributed by atoms with Crippen LogP contribution in [0.5, 0.6) is 0 Å². The van der Waals surface area contributed by atoms with Gasteiger partial charge in [-0.15, -0.1) is 0 Å². The van der Waals surface area contributed by atoms with Crippen LogP contribution in [0.2, 0.25) is 0 Å². The third-order valence-electron chi connectivity index (χ3n) is 4.65. The van der Waals surface area contributed by atoms with Gasteiger partial charge in [-0.25, -0.2) is 9.78 Å². The summed E-state index contributed by atoms with van der Waals surface area (Å²) in [5.41, 5.74) is 3.22. The molecule has 0 unspecified atom stereocenters. The lowest BCUT2D eigenvalue weighted by atomic mass is 10.1. The molecule has 3 rings (SSSR count). The number of fused-ring (bicyclic) bond motifs is 1. The van der Waals surface area contributed by atoms with Crippen molar-refractivity contribution in [1.29, 1.82) is 0 Å². The van der Waals surface area contributed by atoms with Gasteiger partial charge >= 0.3 is 5.97 Å². The number of ketones is 1. The van der Waals surface area contributed by atoms with Crippen molar-refractivity contribution in [3.05, 3.63) is 75.2 Å². The largest absolute Gasteiger partial charge is 0.451 e. The molecule has 1 aromatic heterocycles. The Hall–Kier alpha value is -3.28. The van der Waals surface area contributed by atoms with E-state index in [2.05, 4.69) is 4.98 Å². The number of ether oxygens (including phenoxy) is 1. The van der Waals surface area contributed by atoms with Crippen LogP contribution in [0.3, 0.4) is 0 Å². The maximum atomic E-state index is 12.5. The van der Waals surface area contributed by atoms with Crippen molar-refractivity contribution in [2.24, 2.45) is 0 Å². The fraction of sp³-hybridized carbons (Fsp3) is 0.273. The van der Waals surface area contributed by atoms with Crippen molar-refractivity contribution >= 4 is 22.8 Å². The van der Waals surface area contributed by atoms with Crippen LogP contribution in [-0.2, 0) is 11.3 Å². The lowest BCUT2D eigenvalue weighted by Gasteiger charge is -2.13. The van der Waals surface area contributed by atoms with E-state index in [1.807, 2.05) is 26.0 Å². The van der Waals surface area contributed by atoms with Gasteiger partial charge in [0.15, 0.2) is 6.10 Å². The molecule has 0 aliphatic heterocycles. The van der Waals surface area contributed by atoms with E-state index < -0.39 is 12.1 Å². The van der Waals surface area contributed by atoms with Crippen molar-refractivity contribution in [2.45, 2.75) is 40.3 Å². The Bertz CT molecular complexity index is 1110. The monoisotopic (exact) mass is 378 g/mol. The molecule has 0 bridgehead atoms. The first-order valence-electron chi connectivity index (χ1n) is 9.15. The van der Waals surface area contributed by atoms with Gasteiger partial charge in [0.05, 0.1) is 16.6 Å². The molecular weight excluding hydrogens is 356 g/mol. The van der Waals surface area contributed by atoms with Crippen molar-refractivity contribution in [1.82, 2.24) is 9.55 Å². The molecule has 28 heavy (non-hydrogen) atoms. The first-order chi connectivity index (χ1) is 13.3. The van der Waals surface area contributed by atoms with E-state index in [0.717, 1.165) is 5.56 Å². The zero-order chi connectivity index (χ0) is 20.4. The van der Waals surface area contributed by atoms with E-state index in [1.54, 1.807) is 48.7 Å². The Kier molecular flexibility index (Phi) is 5.40. The summed E-state index contributed by atoms with van der Waals surface area (Å²) < 4.78 is 6.96. The SMILES string of the molecule is CCn1c(=O)c(C)nc2cc(C(=O)O[C@@H](C)C(=O)c3ccc(C)cc3)ccc21. The number of carbonyl (C=O) groups excluding carboxylic acids is 2. The van der Waals surface area contributed by atoms with Gasteiger partial charge in [0, 0.05) is 12.1 Å². The zero-order valence-electron chi connectivity index (χ0n) is 16.4. The van der Waals surface area contributed by atoms with Gasteiger partial charge < -0.3 is 9.30 Å². The van der Waals surface area contributed by atoms with Crippen LogP contribution in [0.1, 0.15) is 45.8 Å². The maximum absolute atomic E-state index is 12.5. The maximum Gasteiger partial charge on any atom is 0.338 e. The van der Waals surface area contributed by atoms with Crippen LogP contribution in [0.25, 0.3) is 11.0 Å². The van der Waals surface area contributed by atoms with E-state index >= 15 is 0 Å². The molecule has 0 saturated carbocycles. The summed E-state index contributed by atoms with van der Waals surface area (Å²) in [5, 5.41) is 0. The number of aryl methyl sites for hydroxylation is 3. The smallest absolute Gasteiger partial charge is 0.338 e. The molecule has 0 aliphatic carbocycles. The number of esters is 1. The van der Waals surface area contributed by atoms with Crippen LogP contribution in [0, 0.1) is 13.8 Å². The van der Waals surface area contributed by atoms with E-state index in [4.69, 9.17) is 4.74 Å². The number of hydrogen-bond acceptors (Lipinski definition) is 5. The standard InChI is InChI=1S/C22H22N2O4/c1-5-24-19-11-10-17(12-18(19)23-14(3)21(24)26)22(27)28-15(4)20(25)16-8-6-13(2)7-9-16/h6-12,15H,5H2,1-4H3/t15-/m0/s1. The summed E-state index contributed by atoms with van der Waals surface area (Å²) in [6.07, 6.45) is -0.912. The minimum atomic E-state index is -0.912. The van der Waals surface area contributed by atoms with Crippen LogP contribution >= 0.6 is 0 Å². The normalized spacial score (nSPS) is 12.0. The van der Waals surface area contributed by atoms with Crippen molar-refractivity contribution in [3.63, 3.8) is 0 Å². The number of carbonyl (C=O) groups is 2. The molecule has 0 aliphatic rings. The summed E-state index contributed by atoms with van der Waals surface area (Å²) in [6, 6.07) is 12.0. The van der Waals surface area contributed by atoms with E-state index in [9.17, 15) is 14.4 Å². The summed E-state index contributed by atoms with van der Waals surface area (Å²) in [4.78, 5) is 41.5. The Morgan fingerprint density at radius 2 is 1.71 bits per heavy atom. The minimum absolute atomic E-state index is 0.150. The number of nitrogens with zero attached hydrogens (tertiary/aromatic N) is 2. The Labute approximate surface area is 162 Å². The molecule has 0 spiro atoms. The quantitative estimate of drug-likeness (QED) is 0.502. The number of benzene rings is 2. The van der Waals surface area contributed by atoms with Crippen molar-refractivity contribution < 1.29 is 14.3 Å². The Balaban J connectivity index is 1.85. The summed E-state index contributed by atoms with van der Waals surface area (Å²) in [6.45, 7) is 7.51. The average molecular weight is 378 g/mol. The molecule has 0 radical (unpaired) electrons. The molecule has 3 aromatic rings. The second-order valence-corrected chi connectivity index (χ2v) is 6.73. The van der Waals surface area contributed by atoms with Gasteiger partial charge in [-0.05, 0) is 45.9 Å². The second-order valence-electron chi connectivity index (χ2n) is 6.73. The Morgan fingerprint density at radius 1 is 1.07 bits per heavy atom. The highest BCUT2D eigenvalue weighted by Gasteiger charge is 2.21. The lowest BCUT2D eigenvalue weighted by Crippen LogP contribution is -2.25. The second kappa shape index (κ2) is 7.76. The molecule has 1 atom stereocenters. The molecule has 0 saturated heterocycles. The predicted octanol–water partition coefficient (Wildman–Crippen LogP) is 3.46. The molecule has 6 heteroatoms. The predicted molar refractivity (Wildman–Crippen MR) is 107 cm³/mol. The summed E-state index contributed by atoms with van der Waals surface area (Å²) in [7, 11) is 0. The zero-order valence-corrected chi connectivity index (χ0v) is 16.4. The minimum Gasteiger partial charge on any atom is -0.451 e. The average Bonchev–Trinajstić information content (AvgIpc) is 2.68. The van der Waals surface area contributed by atoms with Crippen molar-refractivity contribution in [3.8, 4) is 0 Å². The first kappa shape index (κ1) is 19.5. The van der Waals surface area contributed by atoms with Gasteiger partial charge in [0.2, 0.25) is 5.78 Å². The van der Waals surface area contributed by atoms with Crippen LogP contribution in [0.4, 0.5) is 0 Å². The number of Topliss-reactive ketones (excluding diaryl/α,β-unsaturated/α-hetero) is 1. The molecule has 0 amide bonds. The number of rotatable bonds is 5. The van der Waals surface area contributed by atoms with Crippen LogP contribution in [-0.4, -0.2) is 27.4 Å². The van der Waals surface area contributed by atoms with Gasteiger partial charge in [-0.3, -0.25) is 9.59 Å². The van der Waals surface area contributed by atoms with Crippen LogP contribution < -0.4 is 5.56 Å². The highest BCUT2D eigenvalue weighted by atomic mass is 16.5. The molecular formula is C22H22N2O4. The highest BCUT2D eigenvalue weighted by molar-refractivity contribution is 6.01. The summed E-state index contributed by atoms with van der Waals surface area (Å²) in [5.74, 6) is -0.869. The highest BCUT2D eigenvalue weighted by Crippen LogP contribution is 2.16. The molecule has 144 valence electrons. The first-order valence-corrected chi connectivity index (χ1v) is 9.15. The van der Waals surface area contributed by atoms with Gasteiger partial charge in [0.1, 0.15) is 5.69 Å². The van der Waals surface area contributed by atoms with E-state index in [-0.39, 0.29) is 16.9 Å². The third kappa shape index (κ3) is 3.71. The Morgan fingerprint density at radius 3 is 2.36 bits per heavy atom. The van der Waals surface area contributed by atoms with E-state index in [1.165, 1.54) is 0 Å². The van der Waals surface area contributed by atoms with Gasteiger partial charge in [-0.2, -0.15) is 0 Å². The van der Waals surface area contributed by atoms with Gasteiger partial charge in [-0.1, -0.05) is 29.8 Å². The van der Waals surface area contributed by atoms with E-state index in [0.29, 0.717) is 28.8 Å². The third-order valence-corrected chi connectivity index (χ3v) is 4.65.